The number of hydrogen-bond donors (Lipinski definition) is 1. The zero-order valence-electron chi connectivity index (χ0n) is 12.0. The summed E-state index contributed by atoms with van der Waals surface area (Å²) in [5.41, 5.74) is 8.55. The second kappa shape index (κ2) is 6.15. The Bertz CT molecular complexity index is 589. The Morgan fingerprint density at radius 1 is 1.40 bits per heavy atom. The molecule has 0 saturated carbocycles. The Kier molecular flexibility index (Phi) is 4.52. The Morgan fingerprint density at radius 3 is 2.60 bits per heavy atom. The van der Waals surface area contributed by atoms with Gasteiger partial charge in [0.1, 0.15) is 10.7 Å². The highest BCUT2D eigenvalue weighted by atomic mass is 32.1. The number of rotatable bonds is 4. The van der Waals surface area contributed by atoms with Crippen molar-refractivity contribution in [2.24, 2.45) is 5.73 Å². The van der Waals surface area contributed by atoms with Gasteiger partial charge in [-0.25, -0.2) is 4.98 Å². The number of nitrogens with zero attached hydrogens (tertiary/aromatic N) is 2. The van der Waals surface area contributed by atoms with E-state index in [-0.39, 0.29) is 11.9 Å². The van der Waals surface area contributed by atoms with Crippen LogP contribution in [-0.2, 0) is 6.54 Å². The van der Waals surface area contributed by atoms with Gasteiger partial charge in [-0.1, -0.05) is 29.8 Å². The van der Waals surface area contributed by atoms with Gasteiger partial charge in [0.25, 0.3) is 5.91 Å². The van der Waals surface area contributed by atoms with E-state index in [0.717, 1.165) is 10.6 Å². The molecule has 0 aliphatic rings. The van der Waals surface area contributed by atoms with E-state index in [2.05, 4.69) is 4.98 Å². The minimum absolute atomic E-state index is 0.0753. The maximum Gasteiger partial charge on any atom is 0.273 e. The molecule has 0 fully saturated rings. The fourth-order valence-corrected chi connectivity index (χ4v) is 2.58. The van der Waals surface area contributed by atoms with E-state index in [1.165, 1.54) is 16.9 Å². The molecule has 1 aromatic carbocycles. The molecule has 1 amide bonds. The normalized spacial score (nSPS) is 12.2. The van der Waals surface area contributed by atoms with Crippen LogP contribution >= 0.6 is 11.3 Å². The third-order valence-electron chi connectivity index (χ3n) is 3.02. The van der Waals surface area contributed by atoms with Gasteiger partial charge in [-0.05, 0) is 19.4 Å². The summed E-state index contributed by atoms with van der Waals surface area (Å²) in [6, 6.07) is 8.03. The Morgan fingerprint density at radius 2 is 2.05 bits per heavy atom. The van der Waals surface area contributed by atoms with E-state index in [1.807, 2.05) is 38.1 Å². The van der Waals surface area contributed by atoms with Crippen molar-refractivity contribution in [1.82, 2.24) is 9.88 Å². The second-order valence-corrected chi connectivity index (χ2v) is 5.90. The van der Waals surface area contributed by atoms with Crippen molar-refractivity contribution in [3.63, 3.8) is 0 Å². The van der Waals surface area contributed by atoms with Gasteiger partial charge in [0.2, 0.25) is 0 Å². The number of carbonyl (C=O) groups is 1. The minimum atomic E-state index is -0.135. The van der Waals surface area contributed by atoms with Gasteiger partial charge in [-0.15, -0.1) is 11.3 Å². The predicted molar refractivity (Wildman–Crippen MR) is 81.7 cm³/mol. The number of aryl methyl sites for hydroxylation is 1. The average molecular weight is 289 g/mol. The average Bonchev–Trinajstić information content (AvgIpc) is 2.90. The summed E-state index contributed by atoms with van der Waals surface area (Å²) in [4.78, 5) is 18.2. The highest BCUT2D eigenvalue weighted by Crippen LogP contribution is 2.17. The molecule has 5 heteroatoms. The van der Waals surface area contributed by atoms with Crippen molar-refractivity contribution < 1.29 is 4.79 Å². The summed E-state index contributed by atoms with van der Waals surface area (Å²) in [5.74, 6) is -0.0753. The SMILES string of the molecule is Cc1ccc(CN(C)C(=O)c2csc(C(C)N)n2)cc1. The Balaban J connectivity index is 2.06. The molecule has 0 spiro atoms. The second-order valence-electron chi connectivity index (χ2n) is 5.01. The molecule has 1 heterocycles. The number of hydrogen-bond acceptors (Lipinski definition) is 4. The van der Waals surface area contributed by atoms with Crippen LogP contribution in [0.25, 0.3) is 0 Å². The first-order valence-electron chi connectivity index (χ1n) is 6.49. The molecule has 1 atom stereocenters. The van der Waals surface area contributed by atoms with Crippen molar-refractivity contribution in [1.29, 1.82) is 0 Å². The van der Waals surface area contributed by atoms with E-state index >= 15 is 0 Å². The highest BCUT2D eigenvalue weighted by molar-refractivity contribution is 7.09. The molecule has 0 saturated heterocycles. The van der Waals surface area contributed by atoms with Crippen molar-refractivity contribution in [3.05, 3.63) is 51.5 Å². The van der Waals surface area contributed by atoms with Crippen molar-refractivity contribution in [2.75, 3.05) is 7.05 Å². The standard InChI is InChI=1S/C15H19N3OS/c1-10-4-6-12(7-5-10)8-18(3)15(19)13-9-20-14(17-13)11(2)16/h4-7,9,11H,8,16H2,1-3H3. The van der Waals surface area contributed by atoms with E-state index < -0.39 is 0 Å². The predicted octanol–water partition coefficient (Wildman–Crippen LogP) is 2.74. The van der Waals surface area contributed by atoms with E-state index in [9.17, 15) is 4.79 Å². The Hall–Kier alpha value is -1.72. The molecule has 1 aromatic heterocycles. The molecule has 4 nitrogen and oxygen atoms in total. The number of aromatic nitrogens is 1. The lowest BCUT2D eigenvalue weighted by atomic mass is 10.1. The lowest BCUT2D eigenvalue weighted by Crippen LogP contribution is -2.26. The first-order valence-corrected chi connectivity index (χ1v) is 7.37. The van der Waals surface area contributed by atoms with E-state index in [1.54, 1.807) is 17.3 Å². The summed E-state index contributed by atoms with van der Waals surface area (Å²) in [7, 11) is 1.78. The molecule has 20 heavy (non-hydrogen) atoms. The molecular weight excluding hydrogens is 270 g/mol. The zero-order chi connectivity index (χ0) is 14.7. The van der Waals surface area contributed by atoms with Gasteiger partial charge in [-0.2, -0.15) is 0 Å². The third-order valence-corrected chi connectivity index (χ3v) is 4.06. The van der Waals surface area contributed by atoms with E-state index in [4.69, 9.17) is 5.73 Å². The molecule has 2 N–H and O–H groups in total. The molecule has 0 radical (unpaired) electrons. The van der Waals surface area contributed by atoms with Crippen molar-refractivity contribution in [2.45, 2.75) is 26.4 Å². The lowest BCUT2D eigenvalue weighted by Gasteiger charge is -2.16. The minimum Gasteiger partial charge on any atom is -0.336 e. The third kappa shape index (κ3) is 3.43. The molecule has 0 aliphatic heterocycles. The van der Waals surface area contributed by atoms with Crippen LogP contribution in [0.5, 0.6) is 0 Å². The van der Waals surface area contributed by atoms with Crippen LogP contribution in [0.2, 0.25) is 0 Å². The molecule has 0 bridgehead atoms. The lowest BCUT2D eigenvalue weighted by molar-refractivity contribution is 0.0780. The van der Waals surface area contributed by atoms with Gasteiger partial charge < -0.3 is 10.6 Å². The van der Waals surface area contributed by atoms with Crippen LogP contribution in [0.15, 0.2) is 29.6 Å². The summed E-state index contributed by atoms with van der Waals surface area (Å²) in [5, 5.41) is 2.56. The summed E-state index contributed by atoms with van der Waals surface area (Å²) >= 11 is 1.43. The van der Waals surface area contributed by atoms with Crippen LogP contribution in [0.3, 0.4) is 0 Å². The van der Waals surface area contributed by atoms with Gasteiger partial charge in [0, 0.05) is 19.0 Å². The summed E-state index contributed by atoms with van der Waals surface area (Å²) < 4.78 is 0. The molecule has 106 valence electrons. The monoisotopic (exact) mass is 289 g/mol. The summed E-state index contributed by atoms with van der Waals surface area (Å²) in [6.45, 7) is 4.48. The first-order chi connectivity index (χ1) is 9.47. The van der Waals surface area contributed by atoms with Crippen LogP contribution in [0, 0.1) is 6.92 Å². The fourth-order valence-electron chi connectivity index (χ4n) is 1.83. The van der Waals surface area contributed by atoms with Crippen LogP contribution < -0.4 is 5.73 Å². The van der Waals surface area contributed by atoms with Crippen LogP contribution in [0.4, 0.5) is 0 Å². The number of thiazole rings is 1. The molecule has 2 aromatic rings. The van der Waals surface area contributed by atoms with Crippen LogP contribution in [-0.4, -0.2) is 22.8 Å². The number of carbonyl (C=O) groups excluding carboxylic acids is 1. The fraction of sp³-hybridized carbons (Fsp3) is 0.333. The van der Waals surface area contributed by atoms with Crippen molar-refractivity contribution >= 4 is 17.2 Å². The number of amides is 1. The smallest absolute Gasteiger partial charge is 0.273 e. The van der Waals surface area contributed by atoms with Gasteiger partial charge in [0.05, 0.1) is 6.04 Å². The molecule has 1 unspecified atom stereocenters. The molecule has 2 rings (SSSR count). The number of benzene rings is 1. The van der Waals surface area contributed by atoms with Gasteiger partial charge >= 0.3 is 0 Å². The maximum atomic E-state index is 12.3. The highest BCUT2D eigenvalue weighted by Gasteiger charge is 2.16. The van der Waals surface area contributed by atoms with Crippen LogP contribution in [0.1, 0.15) is 39.6 Å². The molecular formula is C15H19N3OS. The van der Waals surface area contributed by atoms with E-state index in [0.29, 0.717) is 12.2 Å². The summed E-state index contributed by atoms with van der Waals surface area (Å²) in [6.07, 6.45) is 0. The topological polar surface area (TPSA) is 59.2 Å². The molecule has 0 aliphatic carbocycles. The zero-order valence-corrected chi connectivity index (χ0v) is 12.8. The van der Waals surface area contributed by atoms with Crippen molar-refractivity contribution in [3.8, 4) is 0 Å². The quantitative estimate of drug-likeness (QED) is 0.941. The maximum absolute atomic E-state index is 12.3. The largest absolute Gasteiger partial charge is 0.336 e. The van der Waals surface area contributed by atoms with Gasteiger partial charge in [0.15, 0.2) is 0 Å². The van der Waals surface area contributed by atoms with Gasteiger partial charge in [-0.3, -0.25) is 4.79 Å². The first kappa shape index (κ1) is 14.7. The Labute approximate surface area is 123 Å². The number of nitrogens with two attached hydrogens (primary N) is 1.